The molecule has 0 aliphatic heterocycles. The van der Waals surface area contributed by atoms with Crippen LogP contribution in [-0.2, 0) is 22.5 Å². The molecule has 3 aromatic rings. The van der Waals surface area contributed by atoms with Gasteiger partial charge in [0, 0.05) is 30.2 Å². The number of carbonyl (C=O) groups is 1. The average molecular weight is 361 g/mol. The number of carbonyl (C=O) groups excluding carboxylic acids is 1. The number of esters is 1. The summed E-state index contributed by atoms with van der Waals surface area (Å²) in [5.74, 6) is -0.332. The van der Waals surface area contributed by atoms with Crippen molar-refractivity contribution in [3.8, 4) is 0 Å². The second kappa shape index (κ2) is 7.76. The van der Waals surface area contributed by atoms with Gasteiger partial charge in [-0.3, -0.25) is 4.68 Å². The summed E-state index contributed by atoms with van der Waals surface area (Å²) in [5, 5.41) is 9.44. The number of rotatable bonds is 6. The number of ether oxygens (including phenoxy) is 1. The van der Waals surface area contributed by atoms with Gasteiger partial charge in [-0.25, -0.2) is 4.79 Å². The maximum atomic E-state index is 11.2. The van der Waals surface area contributed by atoms with Crippen molar-refractivity contribution in [3.05, 3.63) is 71.4 Å². The summed E-state index contributed by atoms with van der Waals surface area (Å²) in [6.45, 7) is 1.72. The van der Waals surface area contributed by atoms with Crippen molar-refractivity contribution in [2.45, 2.75) is 25.4 Å². The Labute approximate surface area is 158 Å². The van der Waals surface area contributed by atoms with Gasteiger partial charge in [-0.2, -0.15) is 5.10 Å². The normalized spacial score (nSPS) is 16.1. The molecule has 0 spiro atoms. The summed E-state index contributed by atoms with van der Waals surface area (Å²) < 4.78 is 6.65. The molecule has 1 atom stereocenters. The summed E-state index contributed by atoms with van der Waals surface area (Å²) >= 11 is 0. The lowest BCUT2D eigenvalue weighted by molar-refractivity contribution is -0.134. The number of methoxy groups -OCH3 is 1. The van der Waals surface area contributed by atoms with Crippen LogP contribution in [0, 0.1) is 0 Å². The predicted molar refractivity (Wildman–Crippen MR) is 106 cm³/mol. The molecule has 4 rings (SSSR count). The van der Waals surface area contributed by atoms with Crippen molar-refractivity contribution in [2.75, 3.05) is 13.7 Å². The van der Waals surface area contributed by atoms with E-state index in [1.54, 1.807) is 6.08 Å². The Kier molecular flexibility index (Phi) is 5.03. The van der Waals surface area contributed by atoms with Crippen LogP contribution in [0.2, 0.25) is 0 Å². The van der Waals surface area contributed by atoms with E-state index in [1.165, 1.54) is 29.7 Å². The first-order chi connectivity index (χ1) is 13.2. The SMILES string of the molecule is COC(=O)C=Cc1ccc2c(c1)CCC2NCCn1cc2ccccc2n1. The van der Waals surface area contributed by atoms with E-state index in [0.29, 0.717) is 6.04 Å². The molecule has 0 fully saturated rings. The summed E-state index contributed by atoms with van der Waals surface area (Å²) in [5.41, 5.74) is 4.78. The molecule has 0 bridgehead atoms. The number of benzene rings is 2. The highest BCUT2D eigenvalue weighted by Crippen LogP contribution is 2.31. The molecule has 1 heterocycles. The van der Waals surface area contributed by atoms with E-state index in [-0.39, 0.29) is 5.97 Å². The minimum Gasteiger partial charge on any atom is -0.466 e. The lowest BCUT2D eigenvalue weighted by Gasteiger charge is -2.14. The summed E-state index contributed by atoms with van der Waals surface area (Å²) in [4.78, 5) is 11.2. The fourth-order valence-electron chi connectivity index (χ4n) is 3.67. The van der Waals surface area contributed by atoms with Gasteiger partial charge in [-0.05, 0) is 41.7 Å². The molecule has 0 saturated carbocycles. The Morgan fingerprint density at radius 1 is 1.33 bits per heavy atom. The van der Waals surface area contributed by atoms with Crippen LogP contribution < -0.4 is 5.32 Å². The molecule has 1 aliphatic carbocycles. The Hall–Kier alpha value is -2.92. The molecule has 0 amide bonds. The number of nitrogens with zero attached hydrogens (tertiary/aromatic N) is 2. The Balaban J connectivity index is 1.36. The number of aryl methyl sites for hydroxylation is 1. The molecule has 1 aromatic heterocycles. The van der Waals surface area contributed by atoms with E-state index in [2.05, 4.69) is 45.6 Å². The zero-order valence-corrected chi connectivity index (χ0v) is 15.4. The van der Waals surface area contributed by atoms with Gasteiger partial charge in [-0.1, -0.05) is 36.4 Å². The van der Waals surface area contributed by atoms with E-state index in [4.69, 9.17) is 0 Å². The third-order valence-corrected chi connectivity index (χ3v) is 5.05. The van der Waals surface area contributed by atoms with E-state index >= 15 is 0 Å². The molecule has 0 saturated heterocycles. The van der Waals surface area contributed by atoms with Crippen LogP contribution in [0.3, 0.4) is 0 Å². The molecule has 1 unspecified atom stereocenters. The molecule has 138 valence electrons. The lowest BCUT2D eigenvalue weighted by atomic mass is 10.0. The van der Waals surface area contributed by atoms with Crippen LogP contribution in [0.1, 0.15) is 29.2 Å². The molecule has 2 aromatic carbocycles. The highest BCUT2D eigenvalue weighted by molar-refractivity contribution is 5.87. The van der Waals surface area contributed by atoms with Crippen LogP contribution in [0.4, 0.5) is 0 Å². The molecule has 27 heavy (non-hydrogen) atoms. The molecule has 1 aliphatic rings. The maximum absolute atomic E-state index is 11.2. The van der Waals surface area contributed by atoms with Gasteiger partial charge in [-0.15, -0.1) is 0 Å². The van der Waals surface area contributed by atoms with Gasteiger partial charge < -0.3 is 10.1 Å². The van der Waals surface area contributed by atoms with Crippen LogP contribution in [0.25, 0.3) is 17.0 Å². The Morgan fingerprint density at radius 3 is 3.07 bits per heavy atom. The summed E-state index contributed by atoms with van der Waals surface area (Å²) in [6.07, 6.45) is 7.51. The largest absolute Gasteiger partial charge is 0.466 e. The van der Waals surface area contributed by atoms with Crippen LogP contribution in [0.15, 0.2) is 54.7 Å². The molecule has 5 nitrogen and oxygen atoms in total. The highest BCUT2D eigenvalue weighted by atomic mass is 16.5. The van der Waals surface area contributed by atoms with Crippen molar-refractivity contribution in [3.63, 3.8) is 0 Å². The highest BCUT2D eigenvalue weighted by Gasteiger charge is 2.21. The average Bonchev–Trinajstić information content (AvgIpc) is 3.29. The molecule has 5 heteroatoms. The molecule has 0 radical (unpaired) electrons. The van der Waals surface area contributed by atoms with E-state index in [1.807, 2.05) is 22.9 Å². The first-order valence-corrected chi connectivity index (χ1v) is 9.27. The monoisotopic (exact) mass is 361 g/mol. The Morgan fingerprint density at radius 2 is 2.22 bits per heavy atom. The number of hydrogen-bond donors (Lipinski definition) is 1. The Bertz CT molecular complexity index is 957. The third-order valence-electron chi connectivity index (χ3n) is 5.05. The number of fused-ring (bicyclic) bond motifs is 2. The first-order valence-electron chi connectivity index (χ1n) is 9.27. The minimum absolute atomic E-state index is 0.332. The second-order valence-electron chi connectivity index (χ2n) is 6.81. The van der Waals surface area contributed by atoms with Gasteiger partial charge >= 0.3 is 5.97 Å². The predicted octanol–water partition coefficient (Wildman–Crippen LogP) is 3.50. The van der Waals surface area contributed by atoms with Gasteiger partial charge in [0.1, 0.15) is 0 Å². The van der Waals surface area contributed by atoms with Crippen LogP contribution in [0.5, 0.6) is 0 Å². The fourth-order valence-corrected chi connectivity index (χ4v) is 3.67. The smallest absolute Gasteiger partial charge is 0.330 e. The second-order valence-corrected chi connectivity index (χ2v) is 6.81. The lowest BCUT2D eigenvalue weighted by Crippen LogP contribution is -2.24. The molecular weight excluding hydrogens is 338 g/mol. The van der Waals surface area contributed by atoms with Crippen molar-refractivity contribution < 1.29 is 9.53 Å². The zero-order chi connectivity index (χ0) is 18.6. The van der Waals surface area contributed by atoms with E-state index < -0.39 is 0 Å². The third kappa shape index (κ3) is 3.93. The summed E-state index contributed by atoms with van der Waals surface area (Å²) in [7, 11) is 1.39. The number of hydrogen-bond acceptors (Lipinski definition) is 4. The van der Waals surface area contributed by atoms with Crippen molar-refractivity contribution in [1.82, 2.24) is 15.1 Å². The fraction of sp³-hybridized carbons (Fsp3) is 0.273. The molecule has 1 N–H and O–H groups in total. The van der Waals surface area contributed by atoms with E-state index in [9.17, 15) is 4.79 Å². The van der Waals surface area contributed by atoms with Gasteiger partial charge in [0.25, 0.3) is 0 Å². The minimum atomic E-state index is -0.332. The van der Waals surface area contributed by atoms with Gasteiger partial charge in [0.15, 0.2) is 0 Å². The number of aromatic nitrogens is 2. The van der Waals surface area contributed by atoms with E-state index in [0.717, 1.165) is 37.0 Å². The number of nitrogens with one attached hydrogen (secondary N) is 1. The van der Waals surface area contributed by atoms with Crippen molar-refractivity contribution in [1.29, 1.82) is 0 Å². The summed E-state index contributed by atoms with van der Waals surface area (Å²) in [6, 6.07) is 14.9. The quantitative estimate of drug-likeness (QED) is 0.539. The first kappa shape index (κ1) is 17.5. The van der Waals surface area contributed by atoms with Crippen LogP contribution in [-0.4, -0.2) is 29.4 Å². The topological polar surface area (TPSA) is 56.1 Å². The van der Waals surface area contributed by atoms with Gasteiger partial charge in [0.2, 0.25) is 0 Å². The van der Waals surface area contributed by atoms with Gasteiger partial charge in [0.05, 0.1) is 19.2 Å². The molecular formula is C22H23N3O2. The van der Waals surface area contributed by atoms with Crippen molar-refractivity contribution >= 4 is 22.9 Å². The zero-order valence-electron chi connectivity index (χ0n) is 15.4. The van der Waals surface area contributed by atoms with Crippen molar-refractivity contribution in [2.24, 2.45) is 0 Å². The maximum Gasteiger partial charge on any atom is 0.330 e. The van der Waals surface area contributed by atoms with Crippen LogP contribution >= 0.6 is 0 Å². The standard InChI is InChI=1S/C22H23N3O2/c1-27-22(26)11-7-16-6-9-19-17(14-16)8-10-21(19)23-12-13-25-15-18-4-2-3-5-20(18)24-25/h2-7,9,11,14-15,21,23H,8,10,12-13H2,1H3.